The van der Waals surface area contributed by atoms with Crippen molar-refractivity contribution in [2.75, 3.05) is 10.0 Å². The highest BCUT2D eigenvalue weighted by Crippen LogP contribution is 2.24. The third-order valence-electron chi connectivity index (χ3n) is 4.76. The minimum Gasteiger partial charge on any atom is -0.331 e. The van der Waals surface area contributed by atoms with Crippen LogP contribution in [-0.2, 0) is 10.0 Å². The molecule has 0 heterocycles. The smallest absolute Gasteiger partial charge is 0.319 e. The zero-order valence-corrected chi connectivity index (χ0v) is 19.0. The van der Waals surface area contributed by atoms with Crippen LogP contribution in [0.2, 0.25) is 5.02 Å². The van der Waals surface area contributed by atoms with Gasteiger partial charge in [-0.25, -0.2) is 13.2 Å². The molecule has 3 rings (SSSR count). The topological polar surface area (TPSA) is 87.3 Å². The summed E-state index contributed by atoms with van der Waals surface area (Å²) in [6.07, 6.45) is 0. The van der Waals surface area contributed by atoms with E-state index in [9.17, 15) is 13.2 Å². The summed E-state index contributed by atoms with van der Waals surface area (Å²) in [6.45, 7) is 5.57. The van der Waals surface area contributed by atoms with E-state index in [1.165, 1.54) is 6.07 Å². The lowest BCUT2D eigenvalue weighted by Crippen LogP contribution is -2.31. The first-order chi connectivity index (χ1) is 14.6. The number of rotatable bonds is 6. The summed E-state index contributed by atoms with van der Waals surface area (Å²) >= 11 is 5.85. The first-order valence-corrected chi connectivity index (χ1v) is 11.5. The van der Waals surface area contributed by atoms with Crippen LogP contribution < -0.4 is 15.4 Å². The zero-order chi connectivity index (χ0) is 22.6. The van der Waals surface area contributed by atoms with Crippen molar-refractivity contribution in [3.05, 3.63) is 88.4 Å². The van der Waals surface area contributed by atoms with Gasteiger partial charge >= 0.3 is 6.03 Å². The van der Waals surface area contributed by atoms with Crippen LogP contribution in [0.4, 0.5) is 16.2 Å². The predicted octanol–water partition coefficient (Wildman–Crippen LogP) is 5.64. The van der Waals surface area contributed by atoms with Crippen LogP contribution in [0.5, 0.6) is 0 Å². The molecule has 0 fully saturated rings. The third kappa shape index (κ3) is 5.99. The summed E-state index contributed by atoms with van der Waals surface area (Å²) in [5, 5.41) is 6.07. The number of amides is 2. The van der Waals surface area contributed by atoms with Crippen LogP contribution in [0, 0.1) is 13.8 Å². The van der Waals surface area contributed by atoms with Gasteiger partial charge in [-0.2, -0.15) is 0 Å². The summed E-state index contributed by atoms with van der Waals surface area (Å²) < 4.78 is 28.3. The van der Waals surface area contributed by atoms with Crippen molar-refractivity contribution >= 4 is 39.0 Å². The van der Waals surface area contributed by atoms with Gasteiger partial charge in [0.2, 0.25) is 0 Å². The normalized spacial score (nSPS) is 12.1. The standard InChI is InChI=1S/C23H24ClN3O3S/c1-15-4-7-18(8-5-15)17(3)25-23(28)26-21-11-6-16(2)22(14-21)31(29,30)27-20-12-9-19(24)10-13-20/h4-14,17,27H,1-3H3,(H2,25,26,28)/t17-/m1/s1. The average molecular weight is 458 g/mol. The van der Waals surface area contributed by atoms with E-state index in [0.717, 1.165) is 11.1 Å². The minimum absolute atomic E-state index is 0.0758. The van der Waals surface area contributed by atoms with Crippen molar-refractivity contribution in [1.29, 1.82) is 0 Å². The molecule has 8 heteroatoms. The van der Waals surface area contributed by atoms with Crippen molar-refractivity contribution in [2.24, 2.45) is 0 Å². The van der Waals surface area contributed by atoms with E-state index in [4.69, 9.17) is 11.6 Å². The summed E-state index contributed by atoms with van der Waals surface area (Å²) in [6, 6.07) is 18.4. The Kier molecular flexibility index (Phi) is 6.87. The Morgan fingerprint density at radius 3 is 2.16 bits per heavy atom. The fourth-order valence-corrected chi connectivity index (χ4v) is 4.45. The molecule has 162 valence electrons. The summed E-state index contributed by atoms with van der Waals surface area (Å²) in [5.41, 5.74) is 3.43. The van der Waals surface area contributed by atoms with Crippen molar-refractivity contribution in [3.8, 4) is 0 Å². The van der Waals surface area contributed by atoms with Crippen LogP contribution in [0.15, 0.2) is 71.6 Å². The predicted molar refractivity (Wildman–Crippen MR) is 125 cm³/mol. The molecule has 0 radical (unpaired) electrons. The molecule has 0 spiro atoms. The molecule has 0 saturated carbocycles. The molecule has 0 unspecified atom stereocenters. The summed E-state index contributed by atoms with van der Waals surface area (Å²) in [7, 11) is -3.85. The molecule has 2 amide bonds. The number of aryl methyl sites for hydroxylation is 2. The van der Waals surface area contributed by atoms with Crippen LogP contribution >= 0.6 is 11.6 Å². The van der Waals surface area contributed by atoms with Gasteiger partial charge in [0.1, 0.15) is 0 Å². The second kappa shape index (κ2) is 9.41. The molecule has 0 aromatic heterocycles. The zero-order valence-electron chi connectivity index (χ0n) is 17.4. The fourth-order valence-electron chi connectivity index (χ4n) is 3.00. The molecular weight excluding hydrogens is 434 g/mol. The number of benzene rings is 3. The van der Waals surface area contributed by atoms with Gasteiger partial charge in [-0.15, -0.1) is 0 Å². The summed E-state index contributed by atoms with van der Waals surface area (Å²) in [5.74, 6) is 0. The number of hydrogen-bond acceptors (Lipinski definition) is 3. The van der Waals surface area contributed by atoms with Gasteiger partial charge in [-0.1, -0.05) is 47.5 Å². The first kappa shape index (κ1) is 22.7. The Labute approximate surface area is 187 Å². The van der Waals surface area contributed by atoms with Gasteiger partial charge in [-0.05, 0) is 68.3 Å². The highest BCUT2D eigenvalue weighted by molar-refractivity contribution is 7.92. The van der Waals surface area contributed by atoms with Gasteiger partial charge in [0.05, 0.1) is 10.9 Å². The van der Waals surface area contributed by atoms with Crippen LogP contribution in [0.1, 0.15) is 29.7 Å². The van der Waals surface area contributed by atoms with E-state index in [1.807, 2.05) is 38.1 Å². The largest absolute Gasteiger partial charge is 0.331 e. The van der Waals surface area contributed by atoms with E-state index in [2.05, 4.69) is 15.4 Å². The van der Waals surface area contributed by atoms with Gasteiger partial charge in [0.15, 0.2) is 0 Å². The Hall–Kier alpha value is -3.03. The monoisotopic (exact) mass is 457 g/mol. The Balaban J connectivity index is 1.73. The molecule has 3 aromatic carbocycles. The first-order valence-electron chi connectivity index (χ1n) is 9.67. The number of hydrogen-bond donors (Lipinski definition) is 3. The molecule has 0 aliphatic carbocycles. The molecule has 3 N–H and O–H groups in total. The number of anilines is 2. The van der Waals surface area contributed by atoms with E-state index in [0.29, 0.717) is 22.0 Å². The van der Waals surface area contributed by atoms with Gasteiger partial charge < -0.3 is 10.6 Å². The number of carbonyl (C=O) groups excluding carboxylic acids is 1. The lowest BCUT2D eigenvalue weighted by Gasteiger charge is -2.16. The number of nitrogens with one attached hydrogen (secondary N) is 3. The van der Waals surface area contributed by atoms with Crippen molar-refractivity contribution in [3.63, 3.8) is 0 Å². The van der Waals surface area contributed by atoms with Gasteiger partial charge in [0.25, 0.3) is 10.0 Å². The van der Waals surface area contributed by atoms with E-state index < -0.39 is 16.1 Å². The molecule has 6 nitrogen and oxygen atoms in total. The molecular formula is C23H24ClN3O3S. The SMILES string of the molecule is Cc1ccc([C@@H](C)NC(=O)Nc2ccc(C)c(S(=O)(=O)Nc3ccc(Cl)cc3)c2)cc1. The fraction of sp³-hybridized carbons (Fsp3) is 0.174. The van der Waals surface area contributed by atoms with Crippen molar-refractivity contribution < 1.29 is 13.2 Å². The second-order valence-electron chi connectivity index (χ2n) is 7.32. The van der Waals surface area contributed by atoms with Crippen LogP contribution in [0.3, 0.4) is 0 Å². The minimum atomic E-state index is -3.85. The van der Waals surface area contributed by atoms with Crippen LogP contribution in [0.25, 0.3) is 0 Å². The Morgan fingerprint density at radius 2 is 1.52 bits per heavy atom. The highest BCUT2D eigenvalue weighted by atomic mass is 35.5. The van der Waals surface area contributed by atoms with Crippen LogP contribution in [-0.4, -0.2) is 14.4 Å². The molecule has 3 aromatic rings. The molecule has 0 saturated heterocycles. The van der Waals surface area contributed by atoms with E-state index in [-0.39, 0.29) is 10.9 Å². The molecule has 31 heavy (non-hydrogen) atoms. The van der Waals surface area contributed by atoms with E-state index in [1.54, 1.807) is 43.3 Å². The summed E-state index contributed by atoms with van der Waals surface area (Å²) in [4.78, 5) is 12.5. The maximum Gasteiger partial charge on any atom is 0.319 e. The van der Waals surface area contributed by atoms with Gasteiger partial charge in [0, 0.05) is 16.4 Å². The Morgan fingerprint density at radius 1 is 0.903 bits per heavy atom. The number of halogens is 1. The van der Waals surface area contributed by atoms with Crippen molar-refractivity contribution in [2.45, 2.75) is 31.7 Å². The molecule has 0 bridgehead atoms. The number of carbonyl (C=O) groups is 1. The second-order valence-corrected chi connectivity index (χ2v) is 9.41. The Bertz CT molecular complexity index is 1180. The molecule has 0 aliphatic rings. The van der Waals surface area contributed by atoms with Crippen molar-refractivity contribution in [1.82, 2.24) is 5.32 Å². The third-order valence-corrected chi connectivity index (χ3v) is 6.53. The number of urea groups is 1. The lowest BCUT2D eigenvalue weighted by atomic mass is 10.1. The lowest BCUT2D eigenvalue weighted by molar-refractivity contribution is 0.249. The highest BCUT2D eigenvalue weighted by Gasteiger charge is 2.18. The average Bonchev–Trinajstić information content (AvgIpc) is 2.71. The van der Waals surface area contributed by atoms with E-state index >= 15 is 0 Å². The molecule has 1 atom stereocenters. The maximum atomic E-state index is 12.9. The maximum absolute atomic E-state index is 12.9. The molecule has 0 aliphatic heterocycles. The quantitative estimate of drug-likeness (QED) is 0.447. The van der Waals surface area contributed by atoms with Gasteiger partial charge in [-0.3, -0.25) is 4.72 Å². The number of sulfonamides is 1.